The molecular weight excluding hydrogens is 419 g/mol. The van der Waals surface area contributed by atoms with Crippen molar-refractivity contribution < 1.29 is 19.0 Å². The standard InChI is InChI=1S/C24H30ClFN2O3/c1-2-31-24(30)18(14-28-10-9-21(28)15-29)12-20(27)11-16-3-5-17(6-4-16)22-13-19(25)7-8-23(22)26/h3-8,13,18,20-21,29H,2,9-12,14-15,27H2,1H3/t18-,20+,21-/m0/s1. The predicted octanol–water partition coefficient (Wildman–Crippen LogP) is 3.65. The number of likely N-dealkylation sites (tertiary alicyclic amines) is 1. The number of aliphatic hydroxyl groups excluding tert-OH is 1. The lowest BCUT2D eigenvalue weighted by Gasteiger charge is -2.41. The van der Waals surface area contributed by atoms with E-state index in [1.54, 1.807) is 13.0 Å². The summed E-state index contributed by atoms with van der Waals surface area (Å²) in [4.78, 5) is 14.6. The van der Waals surface area contributed by atoms with E-state index in [9.17, 15) is 14.3 Å². The van der Waals surface area contributed by atoms with E-state index in [4.69, 9.17) is 22.1 Å². The smallest absolute Gasteiger partial charge is 0.310 e. The van der Waals surface area contributed by atoms with Crippen molar-refractivity contribution in [3.8, 4) is 11.1 Å². The van der Waals surface area contributed by atoms with Crippen LogP contribution in [0.3, 0.4) is 0 Å². The summed E-state index contributed by atoms with van der Waals surface area (Å²) >= 11 is 5.99. The fourth-order valence-electron chi connectivity index (χ4n) is 4.02. The number of nitrogens with two attached hydrogens (primary N) is 1. The molecule has 3 rings (SSSR count). The number of halogens is 2. The van der Waals surface area contributed by atoms with Gasteiger partial charge in [0.15, 0.2) is 0 Å². The maximum absolute atomic E-state index is 14.1. The Morgan fingerprint density at radius 3 is 2.68 bits per heavy atom. The summed E-state index contributed by atoms with van der Waals surface area (Å²) in [6, 6.07) is 11.9. The van der Waals surface area contributed by atoms with Crippen LogP contribution in [0.1, 0.15) is 25.3 Å². The quantitative estimate of drug-likeness (QED) is 0.542. The molecule has 0 unspecified atom stereocenters. The van der Waals surface area contributed by atoms with Crippen LogP contribution < -0.4 is 5.73 Å². The molecule has 1 fully saturated rings. The van der Waals surface area contributed by atoms with E-state index in [-0.39, 0.29) is 36.4 Å². The van der Waals surface area contributed by atoms with Crippen molar-refractivity contribution in [1.29, 1.82) is 0 Å². The predicted molar refractivity (Wildman–Crippen MR) is 120 cm³/mol. The van der Waals surface area contributed by atoms with Gasteiger partial charge in [-0.1, -0.05) is 35.9 Å². The van der Waals surface area contributed by atoms with Crippen LogP contribution >= 0.6 is 11.6 Å². The molecule has 3 N–H and O–H groups in total. The Morgan fingerprint density at radius 1 is 1.32 bits per heavy atom. The molecule has 1 saturated heterocycles. The van der Waals surface area contributed by atoms with E-state index < -0.39 is 0 Å². The van der Waals surface area contributed by atoms with Crippen molar-refractivity contribution in [2.45, 2.75) is 38.3 Å². The van der Waals surface area contributed by atoms with E-state index in [1.807, 2.05) is 24.3 Å². The van der Waals surface area contributed by atoms with E-state index >= 15 is 0 Å². The Morgan fingerprint density at radius 2 is 2.06 bits per heavy atom. The molecule has 7 heteroatoms. The number of esters is 1. The van der Waals surface area contributed by atoms with Gasteiger partial charge in [0, 0.05) is 35.8 Å². The molecule has 31 heavy (non-hydrogen) atoms. The van der Waals surface area contributed by atoms with Gasteiger partial charge in [-0.3, -0.25) is 9.69 Å². The number of carbonyl (C=O) groups is 1. The topological polar surface area (TPSA) is 75.8 Å². The zero-order chi connectivity index (χ0) is 22.4. The molecule has 0 spiro atoms. The molecular formula is C24H30ClFN2O3. The summed E-state index contributed by atoms with van der Waals surface area (Å²) in [7, 11) is 0. The lowest BCUT2D eigenvalue weighted by atomic mass is 9.92. The van der Waals surface area contributed by atoms with E-state index in [0.29, 0.717) is 36.6 Å². The average molecular weight is 449 g/mol. The van der Waals surface area contributed by atoms with Crippen molar-refractivity contribution in [3.05, 3.63) is 58.9 Å². The van der Waals surface area contributed by atoms with Crippen LogP contribution in [-0.4, -0.2) is 54.4 Å². The number of hydrogen-bond donors (Lipinski definition) is 2. The Balaban J connectivity index is 1.62. The van der Waals surface area contributed by atoms with Crippen LogP contribution in [0.2, 0.25) is 5.02 Å². The monoisotopic (exact) mass is 448 g/mol. The lowest BCUT2D eigenvalue weighted by Crippen LogP contribution is -2.53. The fourth-order valence-corrected chi connectivity index (χ4v) is 4.19. The van der Waals surface area contributed by atoms with Gasteiger partial charge in [-0.05, 0) is 55.5 Å². The number of rotatable bonds is 10. The molecule has 1 aliphatic heterocycles. The van der Waals surface area contributed by atoms with Crippen LogP contribution in [0, 0.1) is 11.7 Å². The molecule has 0 amide bonds. The summed E-state index contributed by atoms with van der Waals surface area (Å²) < 4.78 is 19.3. The highest BCUT2D eigenvalue weighted by Crippen LogP contribution is 2.27. The minimum atomic E-state index is -0.330. The molecule has 0 radical (unpaired) electrons. The summed E-state index contributed by atoms with van der Waals surface area (Å²) in [6.45, 7) is 3.64. The highest BCUT2D eigenvalue weighted by atomic mass is 35.5. The summed E-state index contributed by atoms with van der Waals surface area (Å²) in [5.41, 5.74) is 8.60. The van der Waals surface area contributed by atoms with Gasteiger partial charge in [0.05, 0.1) is 19.1 Å². The third kappa shape index (κ3) is 6.26. The molecule has 0 bridgehead atoms. The van der Waals surface area contributed by atoms with Crippen molar-refractivity contribution in [2.75, 3.05) is 26.3 Å². The van der Waals surface area contributed by atoms with Gasteiger partial charge in [0.1, 0.15) is 5.82 Å². The summed E-state index contributed by atoms with van der Waals surface area (Å²) in [5.74, 6) is -0.893. The molecule has 2 aromatic carbocycles. The van der Waals surface area contributed by atoms with Gasteiger partial charge in [-0.25, -0.2) is 4.39 Å². The van der Waals surface area contributed by atoms with Gasteiger partial charge < -0.3 is 15.6 Å². The SMILES string of the molecule is CCOC(=O)[C@@H](C[C@H](N)Cc1ccc(-c2cc(Cl)ccc2F)cc1)CN1CC[C@H]1CO. The normalized spacial score (nSPS) is 18.3. The van der Waals surface area contributed by atoms with E-state index in [2.05, 4.69) is 4.90 Å². The van der Waals surface area contributed by atoms with Crippen molar-refractivity contribution in [2.24, 2.45) is 11.7 Å². The molecule has 0 aromatic heterocycles. The van der Waals surface area contributed by atoms with Crippen molar-refractivity contribution in [1.82, 2.24) is 4.90 Å². The van der Waals surface area contributed by atoms with E-state index in [1.165, 1.54) is 12.1 Å². The Bertz CT molecular complexity index is 876. The van der Waals surface area contributed by atoms with Crippen LogP contribution in [0.4, 0.5) is 4.39 Å². The first-order valence-electron chi connectivity index (χ1n) is 10.7. The Kier molecular flexibility index (Phi) is 8.43. The van der Waals surface area contributed by atoms with Gasteiger partial charge in [-0.15, -0.1) is 0 Å². The number of aliphatic hydroxyl groups is 1. The van der Waals surface area contributed by atoms with Crippen LogP contribution in [-0.2, 0) is 16.0 Å². The first-order valence-corrected chi connectivity index (χ1v) is 11.1. The molecule has 0 saturated carbocycles. The highest BCUT2D eigenvalue weighted by Gasteiger charge is 2.33. The first-order chi connectivity index (χ1) is 14.9. The number of carbonyl (C=O) groups excluding carboxylic acids is 1. The highest BCUT2D eigenvalue weighted by molar-refractivity contribution is 6.30. The fraction of sp³-hybridized carbons (Fsp3) is 0.458. The van der Waals surface area contributed by atoms with Crippen LogP contribution in [0.25, 0.3) is 11.1 Å². The average Bonchev–Trinajstić information content (AvgIpc) is 2.73. The summed E-state index contributed by atoms with van der Waals surface area (Å²) in [6.07, 6.45) is 2.04. The van der Waals surface area contributed by atoms with Crippen molar-refractivity contribution >= 4 is 17.6 Å². The van der Waals surface area contributed by atoms with Gasteiger partial charge in [-0.2, -0.15) is 0 Å². The lowest BCUT2D eigenvalue weighted by molar-refractivity contribution is -0.150. The zero-order valence-electron chi connectivity index (χ0n) is 17.8. The molecule has 2 aromatic rings. The number of nitrogens with zero attached hydrogens (tertiary/aromatic N) is 1. The largest absolute Gasteiger partial charge is 0.466 e. The molecule has 3 atom stereocenters. The third-order valence-corrected chi connectivity index (χ3v) is 6.07. The second-order valence-corrected chi connectivity index (χ2v) is 8.53. The first kappa shape index (κ1) is 23.7. The molecule has 0 aliphatic carbocycles. The van der Waals surface area contributed by atoms with Crippen LogP contribution in [0.5, 0.6) is 0 Å². The molecule has 1 heterocycles. The minimum Gasteiger partial charge on any atom is -0.466 e. The zero-order valence-corrected chi connectivity index (χ0v) is 18.5. The van der Waals surface area contributed by atoms with Crippen LogP contribution in [0.15, 0.2) is 42.5 Å². The number of benzene rings is 2. The molecule has 1 aliphatic rings. The van der Waals surface area contributed by atoms with E-state index in [0.717, 1.165) is 24.1 Å². The van der Waals surface area contributed by atoms with Gasteiger partial charge in [0.25, 0.3) is 0 Å². The summed E-state index contributed by atoms with van der Waals surface area (Å²) in [5, 5.41) is 9.90. The molecule has 5 nitrogen and oxygen atoms in total. The van der Waals surface area contributed by atoms with Gasteiger partial charge in [0.2, 0.25) is 0 Å². The maximum Gasteiger partial charge on any atom is 0.310 e. The second-order valence-electron chi connectivity index (χ2n) is 8.09. The van der Waals surface area contributed by atoms with Crippen molar-refractivity contribution in [3.63, 3.8) is 0 Å². The maximum atomic E-state index is 14.1. The third-order valence-electron chi connectivity index (χ3n) is 5.83. The Labute approximate surface area is 187 Å². The Hall–Kier alpha value is -1.99. The minimum absolute atomic E-state index is 0.0984. The number of ether oxygens (including phenoxy) is 1. The number of hydrogen-bond acceptors (Lipinski definition) is 5. The molecule has 168 valence electrons. The van der Waals surface area contributed by atoms with Gasteiger partial charge >= 0.3 is 5.97 Å². The second kappa shape index (κ2) is 11.0.